The minimum atomic E-state index is 1.40. The monoisotopic (exact) mass is 226 g/mol. The Morgan fingerprint density at radius 3 is 1.47 bits per heavy atom. The Morgan fingerprint density at radius 1 is 0.471 bits per heavy atom. The van der Waals surface area contributed by atoms with Gasteiger partial charge in [0.1, 0.15) is 0 Å². The summed E-state index contributed by atoms with van der Waals surface area (Å²) in [4.78, 5) is 0. The van der Waals surface area contributed by atoms with Crippen LogP contribution in [-0.2, 0) is 0 Å². The van der Waals surface area contributed by atoms with Gasteiger partial charge in [0.25, 0.3) is 0 Å². The molecule has 0 atom stereocenters. The first-order valence-corrected chi connectivity index (χ1v) is 6.33. The summed E-state index contributed by atoms with van der Waals surface area (Å²) in [6.07, 6.45) is 0. The highest BCUT2D eigenvalue weighted by Crippen LogP contribution is 2.34. The Morgan fingerprint density at radius 2 is 0.941 bits per heavy atom. The van der Waals surface area contributed by atoms with Gasteiger partial charge in [0, 0.05) is 0 Å². The van der Waals surface area contributed by atoms with Crippen LogP contribution >= 0.6 is 0 Å². The van der Waals surface area contributed by atoms with E-state index in [9.17, 15) is 0 Å². The molecule has 2 aromatic carbocycles. The Balaban J connectivity index is 3.17. The molecule has 2 aromatic rings. The summed E-state index contributed by atoms with van der Waals surface area (Å²) in [7, 11) is 0. The second-order valence-electron chi connectivity index (χ2n) is 5.39. The van der Waals surface area contributed by atoms with Gasteiger partial charge < -0.3 is 0 Å². The van der Waals surface area contributed by atoms with Crippen LogP contribution in [0.5, 0.6) is 0 Å². The molecule has 0 saturated heterocycles. The van der Waals surface area contributed by atoms with Gasteiger partial charge in [-0.15, -0.1) is 0 Å². The predicted octanol–water partition coefficient (Wildman–Crippen LogP) is 5.00. The molecular formula is C17H22. The first kappa shape index (κ1) is 12.2. The van der Waals surface area contributed by atoms with Crippen LogP contribution in [-0.4, -0.2) is 0 Å². The Hall–Kier alpha value is -1.30. The van der Waals surface area contributed by atoms with E-state index < -0.39 is 0 Å². The van der Waals surface area contributed by atoms with Crippen molar-refractivity contribution < 1.29 is 0 Å². The fraction of sp³-hybridized carbons (Fsp3) is 0.412. The van der Waals surface area contributed by atoms with Crippen LogP contribution in [0.3, 0.4) is 0 Å². The van der Waals surface area contributed by atoms with Crippen LogP contribution in [0, 0.1) is 48.5 Å². The van der Waals surface area contributed by atoms with E-state index in [-0.39, 0.29) is 0 Å². The van der Waals surface area contributed by atoms with Gasteiger partial charge in [-0.1, -0.05) is 6.07 Å². The molecule has 0 bridgehead atoms. The summed E-state index contributed by atoms with van der Waals surface area (Å²) in [5.41, 5.74) is 10.0. The molecule has 0 N–H and O–H groups in total. The number of hydrogen-bond acceptors (Lipinski definition) is 0. The summed E-state index contributed by atoms with van der Waals surface area (Å²) in [5.74, 6) is 0. The largest absolute Gasteiger partial charge is 0.0555 e. The molecule has 17 heavy (non-hydrogen) atoms. The zero-order chi connectivity index (χ0) is 12.9. The fourth-order valence-corrected chi connectivity index (χ4v) is 2.98. The van der Waals surface area contributed by atoms with E-state index in [1.165, 1.54) is 49.7 Å². The zero-order valence-electron chi connectivity index (χ0n) is 12.1. The number of benzene rings is 2. The second kappa shape index (κ2) is 3.87. The summed E-state index contributed by atoms with van der Waals surface area (Å²) in [6.45, 7) is 15.7. The normalized spacial score (nSPS) is 11.2. The maximum atomic E-state index is 2.32. The van der Waals surface area contributed by atoms with Crippen molar-refractivity contribution in [2.45, 2.75) is 48.5 Å². The zero-order valence-corrected chi connectivity index (χ0v) is 12.1. The maximum Gasteiger partial charge on any atom is -0.0115 e. The predicted molar refractivity (Wildman–Crippen MR) is 77.1 cm³/mol. The smallest absolute Gasteiger partial charge is 0.0115 e. The van der Waals surface area contributed by atoms with Crippen molar-refractivity contribution in [1.82, 2.24) is 0 Å². The van der Waals surface area contributed by atoms with Crippen LogP contribution in [0.25, 0.3) is 10.8 Å². The van der Waals surface area contributed by atoms with Gasteiger partial charge >= 0.3 is 0 Å². The molecule has 90 valence electrons. The lowest BCUT2D eigenvalue weighted by Gasteiger charge is -2.19. The molecule has 0 aliphatic rings. The minimum Gasteiger partial charge on any atom is -0.0555 e. The van der Waals surface area contributed by atoms with Crippen LogP contribution in [0.1, 0.15) is 38.9 Å². The van der Waals surface area contributed by atoms with Crippen molar-refractivity contribution in [2.24, 2.45) is 0 Å². The first-order chi connectivity index (χ1) is 7.86. The Kier molecular flexibility index (Phi) is 2.77. The van der Waals surface area contributed by atoms with Gasteiger partial charge in [0.05, 0.1) is 0 Å². The highest BCUT2D eigenvalue weighted by molar-refractivity contribution is 5.96. The van der Waals surface area contributed by atoms with E-state index in [1.54, 1.807) is 0 Å². The molecule has 0 aliphatic heterocycles. The van der Waals surface area contributed by atoms with E-state index in [0.717, 1.165) is 0 Å². The number of aryl methyl sites for hydroxylation is 5. The lowest BCUT2D eigenvalue weighted by Crippen LogP contribution is -1.99. The standard InChI is InChI=1S/C17H22/c1-9-8-10(2)16-14(6)12(4)13(5)15(7)17(16)11(9)3/h8H,1-7H3. The molecule has 0 aliphatic carbocycles. The van der Waals surface area contributed by atoms with Gasteiger partial charge in [0.2, 0.25) is 0 Å². The lowest BCUT2D eigenvalue weighted by atomic mass is 9.86. The van der Waals surface area contributed by atoms with Crippen molar-refractivity contribution in [3.8, 4) is 0 Å². The summed E-state index contributed by atoms with van der Waals surface area (Å²) in [6, 6.07) is 2.32. The quantitative estimate of drug-likeness (QED) is 0.593. The molecule has 0 heteroatoms. The van der Waals surface area contributed by atoms with Crippen molar-refractivity contribution in [1.29, 1.82) is 0 Å². The third-order valence-corrected chi connectivity index (χ3v) is 4.48. The van der Waals surface area contributed by atoms with Crippen molar-refractivity contribution in [3.63, 3.8) is 0 Å². The molecule has 0 aromatic heterocycles. The Labute approximate surface area is 105 Å². The number of fused-ring (bicyclic) bond motifs is 1. The topological polar surface area (TPSA) is 0 Å². The average Bonchev–Trinajstić information content (AvgIpc) is 2.28. The fourth-order valence-electron chi connectivity index (χ4n) is 2.98. The Bertz CT molecular complexity index is 616. The molecule has 0 saturated carbocycles. The molecule has 0 radical (unpaired) electrons. The molecule has 0 spiro atoms. The lowest BCUT2D eigenvalue weighted by molar-refractivity contribution is 1.23. The van der Waals surface area contributed by atoms with Crippen molar-refractivity contribution in [3.05, 3.63) is 45.0 Å². The van der Waals surface area contributed by atoms with Gasteiger partial charge in [-0.3, -0.25) is 0 Å². The van der Waals surface area contributed by atoms with Crippen LogP contribution in [0.15, 0.2) is 6.07 Å². The van der Waals surface area contributed by atoms with Gasteiger partial charge in [0.15, 0.2) is 0 Å². The number of rotatable bonds is 0. The minimum absolute atomic E-state index is 1.40. The molecule has 2 rings (SSSR count). The third kappa shape index (κ3) is 1.58. The maximum absolute atomic E-state index is 2.32. The van der Waals surface area contributed by atoms with E-state index in [1.807, 2.05) is 0 Å². The number of hydrogen-bond donors (Lipinski definition) is 0. The highest BCUT2D eigenvalue weighted by Gasteiger charge is 2.13. The molecule has 0 nitrogen and oxygen atoms in total. The van der Waals surface area contributed by atoms with Crippen LogP contribution in [0.2, 0.25) is 0 Å². The van der Waals surface area contributed by atoms with Crippen LogP contribution < -0.4 is 0 Å². The molecule has 0 amide bonds. The summed E-state index contributed by atoms with van der Waals surface area (Å²) in [5, 5.41) is 2.94. The molecule has 0 unspecified atom stereocenters. The van der Waals surface area contributed by atoms with Gasteiger partial charge in [-0.25, -0.2) is 0 Å². The van der Waals surface area contributed by atoms with E-state index in [2.05, 4.69) is 54.5 Å². The van der Waals surface area contributed by atoms with E-state index in [0.29, 0.717) is 0 Å². The van der Waals surface area contributed by atoms with Gasteiger partial charge in [-0.05, 0) is 98.2 Å². The van der Waals surface area contributed by atoms with E-state index in [4.69, 9.17) is 0 Å². The molecular weight excluding hydrogens is 204 g/mol. The summed E-state index contributed by atoms with van der Waals surface area (Å²) < 4.78 is 0. The second-order valence-corrected chi connectivity index (χ2v) is 5.39. The highest BCUT2D eigenvalue weighted by atomic mass is 14.2. The summed E-state index contributed by atoms with van der Waals surface area (Å²) >= 11 is 0. The third-order valence-electron chi connectivity index (χ3n) is 4.48. The van der Waals surface area contributed by atoms with Crippen LogP contribution in [0.4, 0.5) is 0 Å². The average molecular weight is 226 g/mol. The van der Waals surface area contributed by atoms with E-state index >= 15 is 0 Å². The van der Waals surface area contributed by atoms with Gasteiger partial charge in [-0.2, -0.15) is 0 Å². The SMILES string of the molecule is Cc1cc(C)c2c(C)c(C)c(C)c(C)c2c1C. The first-order valence-electron chi connectivity index (χ1n) is 6.33. The van der Waals surface area contributed by atoms with Crippen molar-refractivity contribution in [2.75, 3.05) is 0 Å². The molecule has 0 fully saturated rings. The van der Waals surface area contributed by atoms with Crippen molar-refractivity contribution >= 4 is 10.8 Å². The molecule has 0 heterocycles.